The van der Waals surface area contributed by atoms with Gasteiger partial charge in [-0.2, -0.15) is 0 Å². The van der Waals surface area contributed by atoms with Crippen LogP contribution in [0.2, 0.25) is 0 Å². The molecular formula is C18H15BrO. The van der Waals surface area contributed by atoms with Gasteiger partial charge in [-0.05, 0) is 22.6 Å². The van der Waals surface area contributed by atoms with Crippen LogP contribution in [0.15, 0.2) is 66.7 Å². The molecule has 0 amide bonds. The summed E-state index contributed by atoms with van der Waals surface area (Å²) in [5, 5.41) is 3.27. The number of fused-ring (bicyclic) bond motifs is 1. The van der Waals surface area contributed by atoms with Crippen LogP contribution in [0.25, 0.3) is 10.8 Å². The molecule has 0 unspecified atom stereocenters. The van der Waals surface area contributed by atoms with E-state index in [-0.39, 0.29) is 0 Å². The van der Waals surface area contributed by atoms with Crippen molar-refractivity contribution in [2.24, 2.45) is 0 Å². The fraction of sp³-hybridized carbons (Fsp3) is 0.111. The topological polar surface area (TPSA) is 9.23 Å². The number of benzene rings is 3. The summed E-state index contributed by atoms with van der Waals surface area (Å²) >= 11 is 3.54. The molecule has 0 aliphatic carbocycles. The van der Waals surface area contributed by atoms with Crippen molar-refractivity contribution in [3.63, 3.8) is 0 Å². The van der Waals surface area contributed by atoms with Crippen LogP contribution < -0.4 is 4.74 Å². The van der Waals surface area contributed by atoms with Gasteiger partial charge in [0.05, 0.1) is 0 Å². The fourth-order valence-electron chi connectivity index (χ4n) is 2.32. The van der Waals surface area contributed by atoms with Gasteiger partial charge in [-0.1, -0.05) is 76.6 Å². The second-order valence-corrected chi connectivity index (χ2v) is 5.24. The van der Waals surface area contributed by atoms with E-state index in [9.17, 15) is 0 Å². The molecule has 0 aromatic heterocycles. The van der Waals surface area contributed by atoms with E-state index in [4.69, 9.17) is 4.74 Å². The number of hydrogen-bond donors (Lipinski definition) is 0. The Morgan fingerprint density at radius 2 is 1.50 bits per heavy atom. The van der Waals surface area contributed by atoms with Crippen LogP contribution in [0, 0.1) is 0 Å². The Balaban J connectivity index is 1.92. The first-order valence-electron chi connectivity index (χ1n) is 6.62. The standard InChI is InChI=1S/C18H15BrO/c19-12-15-8-4-10-17-16(15)9-5-11-18(17)20-13-14-6-2-1-3-7-14/h1-11H,12-13H2. The van der Waals surface area contributed by atoms with Crippen molar-refractivity contribution in [2.45, 2.75) is 11.9 Å². The molecule has 0 saturated heterocycles. The average Bonchev–Trinajstić information content (AvgIpc) is 2.53. The average molecular weight is 327 g/mol. The molecule has 2 heteroatoms. The highest BCUT2D eigenvalue weighted by molar-refractivity contribution is 9.08. The molecule has 1 nitrogen and oxygen atoms in total. The van der Waals surface area contributed by atoms with Crippen LogP contribution >= 0.6 is 15.9 Å². The zero-order chi connectivity index (χ0) is 13.8. The minimum atomic E-state index is 0.596. The van der Waals surface area contributed by atoms with Gasteiger partial charge in [-0.3, -0.25) is 0 Å². The molecule has 0 aliphatic heterocycles. The van der Waals surface area contributed by atoms with E-state index in [0.717, 1.165) is 11.1 Å². The molecule has 0 heterocycles. The zero-order valence-corrected chi connectivity index (χ0v) is 12.6. The van der Waals surface area contributed by atoms with Crippen LogP contribution in [-0.2, 0) is 11.9 Å². The monoisotopic (exact) mass is 326 g/mol. The molecule has 0 spiro atoms. The zero-order valence-electron chi connectivity index (χ0n) is 11.1. The molecule has 3 aromatic carbocycles. The van der Waals surface area contributed by atoms with Gasteiger partial charge in [-0.15, -0.1) is 0 Å². The molecule has 20 heavy (non-hydrogen) atoms. The Morgan fingerprint density at radius 1 is 0.750 bits per heavy atom. The molecule has 0 fully saturated rings. The molecule has 0 N–H and O–H groups in total. The highest BCUT2D eigenvalue weighted by Crippen LogP contribution is 2.29. The van der Waals surface area contributed by atoms with Crippen LogP contribution in [0.3, 0.4) is 0 Å². The Labute approximate surface area is 127 Å². The fourth-order valence-corrected chi connectivity index (χ4v) is 2.81. The van der Waals surface area contributed by atoms with Gasteiger partial charge in [0.25, 0.3) is 0 Å². The Morgan fingerprint density at radius 3 is 2.30 bits per heavy atom. The second-order valence-electron chi connectivity index (χ2n) is 4.68. The van der Waals surface area contributed by atoms with E-state index in [1.165, 1.54) is 21.9 Å². The summed E-state index contributed by atoms with van der Waals surface area (Å²) in [5.41, 5.74) is 2.47. The summed E-state index contributed by atoms with van der Waals surface area (Å²) in [6.45, 7) is 0.596. The first-order chi connectivity index (χ1) is 9.88. The van der Waals surface area contributed by atoms with Crippen molar-refractivity contribution in [3.05, 3.63) is 77.9 Å². The van der Waals surface area contributed by atoms with Gasteiger partial charge in [0.15, 0.2) is 0 Å². The van der Waals surface area contributed by atoms with Crippen LogP contribution in [0.4, 0.5) is 0 Å². The van der Waals surface area contributed by atoms with Gasteiger partial charge < -0.3 is 4.74 Å². The number of halogens is 1. The number of ether oxygens (including phenoxy) is 1. The molecular weight excluding hydrogens is 312 g/mol. The number of rotatable bonds is 4. The summed E-state index contributed by atoms with van der Waals surface area (Å²) < 4.78 is 5.99. The molecule has 0 radical (unpaired) electrons. The lowest BCUT2D eigenvalue weighted by molar-refractivity contribution is 0.310. The molecule has 0 atom stereocenters. The summed E-state index contributed by atoms with van der Waals surface area (Å²) in [6, 6.07) is 22.8. The van der Waals surface area contributed by atoms with E-state index in [1.54, 1.807) is 0 Å². The Bertz CT molecular complexity index is 707. The molecule has 0 aliphatic rings. The lowest BCUT2D eigenvalue weighted by Crippen LogP contribution is -1.96. The lowest BCUT2D eigenvalue weighted by atomic mass is 10.1. The largest absolute Gasteiger partial charge is 0.488 e. The first kappa shape index (κ1) is 13.2. The van der Waals surface area contributed by atoms with Crippen molar-refractivity contribution in [1.82, 2.24) is 0 Å². The van der Waals surface area contributed by atoms with Gasteiger partial charge >= 0.3 is 0 Å². The molecule has 3 rings (SSSR count). The maximum Gasteiger partial charge on any atom is 0.127 e. The summed E-state index contributed by atoms with van der Waals surface area (Å²) in [7, 11) is 0. The lowest BCUT2D eigenvalue weighted by Gasteiger charge is -2.11. The predicted octanol–water partition coefficient (Wildman–Crippen LogP) is 5.31. The van der Waals surface area contributed by atoms with Crippen molar-refractivity contribution in [2.75, 3.05) is 0 Å². The minimum Gasteiger partial charge on any atom is -0.488 e. The summed E-state index contributed by atoms with van der Waals surface area (Å²) in [4.78, 5) is 0. The minimum absolute atomic E-state index is 0.596. The highest BCUT2D eigenvalue weighted by Gasteiger charge is 2.05. The summed E-state index contributed by atoms with van der Waals surface area (Å²) in [5.74, 6) is 0.939. The highest BCUT2D eigenvalue weighted by atomic mass is 79.9. The molecule has 0 bridgehead atoms. The SMILES string of the molecule is BrCc1cccc2c(OCc3ccccc3)cccc12. The molecule has 3 aromatic rings. The van der Waals surface area contributed by atoms with Crippen molar-refractivity contribution in [1.29, 1.82) is 0 Å². The van der Waals surface area contributed by atoms with E-state index in [2.05, 4.69) is 58.4 Å². The number of hydrogen-bond acceptors (Lipinski definition) is 1. The third-order valence-electron chi connectivity index (χ3n) is 3.35. The third-order valence-corrected chi connectivity index (χ3v) is 3.96. The van der Waals surface area contributed by atoms with Gasteiger partial charge in [-0.25, -0.2) is 0 Å². The van der Waals surface area contributed by atoms with E-state index >= 15 is 0 Å². The third kappa shape index (κ3) is 2.70. The molecule has 0 saturated carbocycles. The Kier molecular flexibility index (Phi) is 4.03. The van der Waals surface area contributed by atoms with E-state index in [1.807, 2.05) is 24.3 Å². The molecule has 100 valence electrons. The van der Waals surface area contributed by atoms with Gasteiger partial charge in [0.1, 0.15) is 12.4 Å². The van der Waals surface area contributed by atoms with Gasteiger partial charge in [0, 0.05) is 10.7 Å². The van der Waals surface area contributed by atoms with Crippen molar-refractivity contribution < 1.29 is 4.74 Å². The van der Waals surface area contributed by atoms with Crippen LogP contribution in [-0.4, -0.2) is 0 Å². The van der Waals surface area contributed by atoms with Crippen molar-refractivity contribution in [3.8, 4) is 5.75 Å². The number of alkyl halides is 1. The van der Waals surface area contributed by atoms with Crippen molar-refractivity contribution >= 4 is 26.7 Å². The van der Waals surface area contributed by atoms with Crippen LogP contribution in [0.1, 0.15) is 11.1 Å². The Hall–Kier alpha value is -1.80. The summed E-state index contributed by atoms with van der Waals surface area (Å²) in [6.07, 6.45) is 0. The van der Waals surface area contributed by atoms with E-state index in [0.29, 0.717) is 6.61 Å². The maximum atomic E-state index is 5.99. The van der Waals surface area contributed by atoms with E-state index < -0.39 is 0 Å². The van der Waals surface area contributed by atoms with Gasteiger partial charge in [0.2, 0.25) is 0 Å². The quantitative estimate of drug-likeness (QED) is 0.590. The second kappa shape index (κ2) is 6.10. The smallest absolute Gasteiger partial charge is 0.127 e. The maximum absolute atomic E-state index is 5.99. The first-order valence-corrected chi connectivity index (χ1v) is 7.74. The predicted molar refractivity (Wildman–Crippen MR) is 87.4 cm³/mol. The normalized spacial score (nSPS) is 10.7. The van der Waals surface area contributed by atoms with Crippen LogP contribution in [0.5, 0.6) is 5.75 Å².